The second kappa shape index (κ2) is 10.3. The van der Waals surface area contributed by atoms with E-state index in [0.29, 0.717) is 38.4 Å². The lowest BCUT2D eigenvalue weighted by molar-refractivity contribution is -0.138. The SMILES string of the molecule is CCCCCS(=O)(=O)CC(=O)NCc1ccc(N2CCOCC2)cc1C(F)(F)F. The molecule has 1 heterocycles. The van der Waals surface area contributed by atoms with Gasteiger partial charge in [0.25, 0.3) is 0 Å². The third-order valence-corrected chi connectivity index (χ3v) is 6.27. The third kappa shape index (κ3) is 7.50. The molecule has 1 aromatic carbocycles. The molecule has 0 aromatic heterocycles. The zero-order valence-electron chi connectivity index (χ0n) is 16.4. The van der Waals surface area contributed by atoms with Gasteiger partial charge in [0, 0.05) is 25.3 Å². The number of halogens is 3. The maximum absolute atomic E-state index is 13.5. The van der Waals surface area contributed by atoms with E-state index in [1.807, 2.05) is 11.8 Å². The molecule has 10 heteroatoms. The minimum atomic E-state index is -4.59. The third-order valence-electron chi connectivity index (χ3n) is 4.66. The molecule has 1 saturated heterocycles. The van der Waals surface area contributed by atoms with Crippen molar-refractivity contribution in [1.82, 2.24) is 5.32 Å². The van der Waals surface area contributed by atoms with E-state index in [1.165, 1.54) is 6.07 Å². The van der Waals surface area contributed by atoms with Crippen molar-refractivity contribution in [2.45, 2.75) is 38.9 Å². The summed E-state index contributed by atoms with van der Waals surface area (Å²) in [6.07, 6.45) is -2.53. The summed E-state index contributed by atoms with van der Waals surface area (Å²) in [5.74, 6) is -1.62. The number of morpholine rings is 1. The molecule has 1 fully saturated rings. The van der Waals surface area contributed by atoms with Crippen LogP contribution in [0, 0.1) is 0 Å². The number of alkyl halides is 3. The topological polar surface area (TPSA) is 75.7 Å². The maximum atomic E-state index is 13.5. The minimum Gasteiger partial charge on any atom is -0.378 e. The van der Waals surface area contributed by atoms with Crippen molar-refractivity contribution in [2.24, 2.45) is 0 Å². The van der Waals surface area contributed by atoms with Crippen LogP contribution in [0.15, 0.2) is 18.2 Å². The zero-order chi connectivity index (χ0) is 21.5. The predicted molar refractivity (Wildman–Crippen MR) is 105 cm³/mol. The molecule has 0 bridgehead atoms. The first-order valence-electron chi connectivity index (χ1n) is 9.62. The van der Waals surface area contributed by atoms with E-state index in [1.54, 1.807) is 6.07 Å². The Morgan fingerprint density at radius 2 is 1.90 bits per heavy atom. The van der Waals surface area contributed by atoms with E-state index >= 15 is 0 Å². The van der Waals surface area contributed by atoms with Gasteiger partial charge in [-0.1, -0.05) is 25.8 Å². The molecule has 0 atom stereocenters. The van der Waals surface area contributed by atoms with Gasteiger partial charge in [-0.15, -0.1) is 0 Å². The van der Waals surface area contributed by atoms with Gasteiger partial charge in [-0.2, -0.15) is 13.2 Å². The van der Waals surface area contributed by atoms with Crippen LogP contribution >= 0.6 is 0 Å². The lowest BCUT2D eigenvalue weighted by Crippen LogP contribution is -2.36. The summed E-state index contributed by atoms with van der Waals surface area (Å²) in [5.41, 5.74) is -0.506. The van der Waals surface area contributed by atoms with E-state index in [0.717, 1.165) is 18.9 Å². The van der Waals surface area contributed by atoms with Crippen LogP contribution in [-0.2, 0) is 32.1 Å². The van der Waals surface area contributed by atoms with Crippen LogP contribution in [0.2, 0.25) is 0 Å². The number of ether oxygens (including phenoxy) is 1. The fourth-order valence-corrected chi connectivity index (χ4v) is 4.38. The molecule has 1 aliphatic rings. The number of unbranched alkanes of at least 4 members (excludes halogenated alkanes) is 2. The summed E-state index contributed by atoms with van der Waals surface area (Å²) in [7, 11) is -3.57. The highest BCUT2D eigenvalue weighted by atomic mass is 32.2. The second-order valence-corrected chi connectivity index (χ2v) is 9.20. The molecule has 1 aromatic rings. The molecule has 29 heavy (non-hydrogen) atoms. The minimum absolute atomic E-state index is 0.101. The van der Waals surface area contributed by atoms with Gasteiger partial charge in [-0.25, -0.2) is 8.42 Å². The van der Waals surface area contributed by atoms with Crippen molar-refractivity contribution in [1.29, 1.82) is 0 Å². The molecule has 1 N–H and O–H groups in total. The van der Waals surface area contributed by atoms with Crippen molar-refractivity contribution in [3.8, 4) is 0 Å². The number of anilines is 1. The molecule has 6 nitrogen and oxygen atoms in total. The summed E-state index contributed by atoms with van der Waals surface area (Å²) in [4.78, 5) is 13.8. The van der Waals surface area contributed by atoms with Gasteiger partial charge >= 0.3 is 6.18 Å². The number of hydrogen-bond acceptors (Lipinski definition) is 5. The first kappa shape index (κ1) is 23.5. The molecule has 0 radical (unpaired) electrons. The Morgan fingerprint density at radius 1 is 1.21 bits per heavy atom. The molecule has 0 saturated carbocycles. The summed E-state index contributed by atoms with van der Waals surface area (Å²) < 4.78 is 69.6. The monoisotopic (exact) mass is 436 g/mol. The summed E-state index contributed by atoms with van der Waals surface area (Å²) >= 11 is 0. The van der Waals surface area contributed by atoms with Crippen LogP contribution in [0.25, 0.3) is 0 Å². The van der Waals surface area contributed by atoms with Gasteiger partial charge in [0.05, 0.1) is 24.5 Å². The van der Waals surface area contributed by atoms with Gasteiger partial charge < -0.3 is 15.0 Å². The predicted octanol–water partition coefficient (Wildman–Crippen LogP) is 2.76. The van der Waals surface area contributed by atoms with Gasteiger partial charge in [0.2, 0.25) is 5.91 Å². The number of carbonyl (C=O) groups is 1. The van der Waals surface area contributed by atoms with Crippen molar-refractivity contribution < 1.29 is 31.1 Å². The Balaban J connectivity index is 2.04. The maximum Gasteiger partial charge on any atom is 0.416 e. The highest BCUT2D eigenvalue weighted by molar-refractivity contribution is 7.92. The number of sulfone groups is 1. The normalized spacial score (nSPS) is 15.4. The standard InChI is InChI=1S/C19H27F3N2O4S/c1-2-3-4-11-29(26,27)14-18(25)23-13-15-5-6-16(12-17(15)19(20,21)22)24-7-9-28-10-8-24/h5-6,12H,2-4,7-11,13-14H2,1H3,(H,23,25). The fourth-order valence-electron chi connectivity index (χ4n) is 3.09. The molecule has 1 aliphatic heterocycles. The largest absolute Gasteiger partial charge is 0.416 e. The quantitative estimate of drug-likeness (QED) is 0.603. The van der Waals surface area contributed by atoms with Crippen molar-refractivity contribution >= 4 is 21.4 Å². The smallest absolute Gasteiger partial charge is 0.378 e. The van der Waals surface area contributed by atoms with E-state index in [-0.39, 0.29) is 17.9 Å². The van der Waals surface area contributed by atoms with Crippen molar-refractivity contribution in [3.63, 3.8) is 0 Å². The van der Waals surface area contributed by atoms with Gasteiger partial charge in [-0.05, 0) is 24.1 Å². The average Bonchev–Trinajstić information content (AvgIpc) is 2.66. The lowest BCUT2D eigenvalue weighted by Gasteiger charge is -2.29. The highest BCUT2D eigenvalue weighted by Crippen LogP contribution is 2.35. The summed E-state index contributed by atoms with van der Waals surface area (Å²) in [6, 6.07) is 3.96. The number of amides is 1. The van der Waals surface area contributed by atoms with E-state index in [9.17, 15) is 26.4 Å². The first-order chi connectivity index (χ1) is 13.6. The van der Waals surface area contributed by atoms with Gasteiger partial charge in [0.15, 0.2) is 9.84 Å². The van der Waals surface area contributed by atoms with Crippen LogP contribution in [0.5, 0.6) is 0 Å². The number of rotatable bonds is 9. The average molecular weight is 436 g/mol. The Labute approximate surface area is 169 Å². The Hall–Kier alpha value is -1.81. The number of hydrogen-bond donors (Lipinski definition) is 1. The van der Waals surface area contributed by atoms with Crippen molar-refractivity contribution in [2.75, 3.05) is 42.7 Å². The van der Waals surface area contributed by atoms with Crippen LogP contribution < -0.4 is 10.2 Å². The summed E-state index contributed by atoms with van der Waals surface area (Å²) in [5, 5.41) is 2.31. The van der Waals surface area contributed by atoms with E-state index in [2.05, 4.69) is 5.32 Å². The molecule has 2 rings (SSSR count). The number of carbonyl (C=O) groups excluding carboxylic acids is 1. The van der Waals surface area contributed by atoms with Crippen LogP contribution in [-0.4, -0.2) is 52.1 Å². The molecule has 0 spiro atoms. The molecule has 1 amide bonds. The van der Waals surface area contributed by atoms with Gasteiger partial charge in [0.1, 0.15) is 5.75 Å². The van der Waals surface area contributed by atoms with Gasteiger partial charge in [-0.3, -0.25) is 4.79 Å². The zero-order valence-corrected chi connectivity index (χ0v) is 17.2. The van der Waals surface area contributed by atoms with Crippen LogP contribution in [0.3, 0.4) is 0 Å². The fraction of sp³-hybridized carbons (Fsp3) is 0.632. The molecule has 0 aliphatic carbocycles. The summed E-state index contributed by atoms with van der Waals surface area (Å²) in [6.45, 7) is 3.45. The first-order valence-corrected chi connectivity index (χ1v) is 11.4. The molecule has 164 valence electrons. The lowest BCUT2D eigenvalue weighted by atomic mass is 10.0. The number of nitrogens with zero attached hydrogens (tertiary/aromatic N) is 1. The number of nitrogens with one attached hydrogen (secondary N) is 1. The van der Waals surface area contributed by atoms with Crippen LogP contribution in [0.4, 0.5) is 18.9 Å². The Kier molecular flexibility index (Phi) is 8.33. The Morgan fingerprint density at radius 3 is 2.52 bits per heavy atom. The number of benzene rings is 1. The van der Waals surface area contributed by atoms with E-state index in [4.69, 9.17) is 4.74 Å². The molecular weight excluding hydrogens is 409 g/mol. The van der Waals surface area contributed by atoms with Crippen LogP contribution in [0.1, 0.15) is 37.3 Å². The second-order valence-electron chi connectivity index (χ2n) is 7.01. The molecular formula is C19H27F3N2O4S. The Bertz CT molecular complexity index is 791. The highest BCUT2D eigenvalue weighted by Gasteiger charge is 2.34. The van der Waals surface area contributed by atoms with Crippen molar-refractivity contribution in [3.05, 3.63) is 29.3 Å². The molecule has 0 unspecified atom stereocenters. The van der Waals surface area contributed by atoms with E-state index < -0.39 is 33.2 Å².